The summed E-state index contributed by atoms with van der Waals surface area (Å²) in [5.41, 5.74) is -6.73. The van der Waals surface area contributed by atoms with E-state index in [-0.39, 0.29) is 57.9 Å². The van der Waals surface area contributed by atoms with Crippen LogP contribution < -0.4 is 10.6 Å². The third-order valence-corrected chi connectivity index (χ3v) is 13.3. The first-order chi connectivity index (χ1) is 24.8. The molecule has 0 atom stereocenters. The summed E-state index contributed by atoms with van der Waals surface area (Å²) in [4.78, 5) is 4.62. The molecule has 6 rings (SSSR count). The summed E-state index contributed by atoms with van der Waals surface area (Å²) in [5.74, 6) is -0.392. The number of nitrogens with one attached hydrogen (secondary N) is 2. The molecule has 3 heterocycles. The molecule has 2 aliphatic rings. The smallest absolute Gasteiger partial charge is 0.382 e. The van der Waals surface area contributed by atoms with E-state index in [1.807, 2.05) is 36.4 Å². The Morgan fingerprint density at radius 1 is 0.623 bits per heavy atom. The second-order valence-corrected chi connectivity index (χ2v) is 17.6. The van der Waals surface area contributed by atoms with Crippen LogP contribution in [0.1, 0.15) is 48.3 Å². The molecule has 3 aromatic carbocycles. The number of rotatable bonds is 9. The molecule has 0 unspecified atom stereocenters. The fourth-order valence-corrected chi connectivity index (χ4v) is 9.00. The van der Waals surface area contributed by atoms with E-state index in [2.05, 4.69) is 15.6 Å². The van der Waals surface area contributed by atoms with Crippen molar-refractivity contribution in [2.75, 3.05) is 36.8 Å². The van der Waals surface area contributed by atoms with Gasteiger partial charge in [0, 0.05) is 71.5 Å². The highest BCUT2D eigenvalue weighted by atomic mass is 35.5. The van der Waals surface area contributed by atoms with Crippen LogP contribution in [0.4, 0.5) is 37.7 Å². The first-order valence-electron chi connectivity index (χ1n) is 16.4. The third kappa shape index (κ3) is 8.34. The van der Waals surface area contributed by atoms with Gasteiger partial charge in [0.15, 0.2) is 0 Å². The van der Waals surface area contributed by atoms with Gasteiger partial charge in [-0.2, -0.15) is 35.0 Å². The van der Waals surface area contributed by atoms with Crippen molar-refractivity contribution in [3.63, 3.8) is 0 Å². The van der Waals surface area contributed by atoms with Crippen LogP contribution in [-0.4, -0.2) is 79.7 Å². The van der Waals surface area contributed by atoms with E-state index in [4.69, 9.17) is 23.2 Å². The number of pyridine rings is 1. The lowest BCUT2D eigenvalue weighted by molar-refractivity contribution is -0.0499. The number of alkyl halides is 6. The van der Waals surface area contributed by atoms with Gasteiger partial charge in [-0.05, 0) is 84.8 Å². The van der Waals surface area contributed by atoms with E-state index < -0.39 is 43.0 Å². The van der Waals surface area contributed by atoms with Crippen LogP contribution in [0.2, 0.25) is 10.0 Å². The fourth-order valence-electron chi connectivity index (χ4n) is 6.78. The van der Waals surface area contributed by atoms with Crippen molar-refractivity contribution in [2.45, 2.75) is 54.7 Å². The van der Waals surface area contributed by atoms with Gasteiger partial charge in [-0.25, -0.2) is 16.8 Å². The van der Waals surface area contributed by atoms with Crippen molar-refractivity contribution in [3.8, 4) is 0 Å². The molecular weight excluding hydrogens is 791 g/mol. The highest BCUT2D eigenvalue weighted by Crippen LogP contribution is 2.40. The average Bonchev–Trinajstić information content (AvgIpc) is 3.10. The third-order valence-electron chi connectivity index (χ3n) is 9.50. The molecule has 286 valence electrons. The van der Waals surface area contributed by atoms with E-state index >= 15 is 0 Å². The van der Waals surface area contributed by atoms with Crippen LogP contribution in [-0.2, 0) is 20.0 Å². The number of hydrogen-bond donors (Lipinski definition) is 2. The van der Waals surface area contributed by atoms with Crippen molar-refractivity contribution in [1.82, 2.24) is 13.6 Å². The molecule has 53 heavy (non-hydrogen) atoms. The quantitative estimate of drug-likeness (QED) is 0.129. The molecule has 2 fully saturated rings. The summed E-state index contributed by atoms with van der Waals surface area (Å²) in [6.45, 7) is -1.37. The molecule has 2 saturated heterocycles. The maximum Gasteiger partial charge on any atom is 0.511 e. The number of halogens is 8. The Hall–Kier alpha value is -3.35. The van der Waals surface area contributed by atoms with Crippen LogP contribution in [0.3, 0.4) is 0 Å². The Kier molecular flexibility index (Phi) is 11.2. The van der Waals surface area contributed by atoms with Gasteiger partial charge < -0.3 is 10.6 Å². The van der Waals surface area contributed by atoms with E-state index in [0.29, 0.717) is 40.9 Å². The normalized spacial score (nSPS) is 17.8. The Balaban J connectivity index is 1.38. The maximum absolute atomic E-state index is 13.3. The zero-order valence-electron chi connectivity index (χ0n) is 27.6. The molecular formula is C34H33Cl2F6N5O4S2. The zero-order valence-corrected chi connectivity index (χ0v) is 30.8. The number of nitrogens with zero attached hydrogens (tertiary/aromatic N) is 3. The van der Waals surface area contributed by atoms with Gasteiger partial charge in [0.05, 0.1) is 11.2 Å². The largest absolute Gasteiger partial charge is 0.511 e. The maximum atomic E-state index is 13.3. The Labute approximate surface area is 312 Å². The number of anilines is 2. The number of sulfonamides is 2. The van der Waals surface area contributed by atoms with Crippen molar-refractivity contribution < 1.29 is 43.2 Å². The average molecular weight is 825 g/mol. The van der Waals surface area contributed by atoms with Gasteiger partial charge in [-0.3, -0.25) is 4.98 Å². The first kappa shape index (κ1) is 39.3. The van der Waals surface area contributed by atoms with Gasteiger partial charge in [-0.1, -0.05) is 47.5 Å². The second kappa shape index (κ2) is 15.1. The number of piperidine rings is 2. The molecule has 0 aliphatic carbocycles. The van der Waals surface area contributed by atoms with Gasteiger partial charge in [0.1, 0.15) is 0 Å². The number of fused-ring (bicyclic) bond motifs is 1. The van der Waals surface area contributed by atoms with Crippen molar-refractivity contribution in [2.24, 2.45) is 0 Å². The molecule has 4 aromatic rings. The van der Waals surface area contributed by atoms with Crippen LogP contribution in [0.5, 0.6) is 0 Å². The van der Waals surface area contributed by atoms with Gasteiger partial charge in [0.2, 0.25) is 0 Å². The highest BCUT2D eigenvalue weighted by molar-refractivity contribution is 7.90. The predicted octanol–water partition coefficient (Wildman–Crippen LogP) is 8.17. The summed E-state index contributed by atoms with van der Waals surface area (Å²) in [6.07, 6.45) is 1.89. The number of hydrogen-bond acceptors (Lipinski definition) is 7. The molecule has 1 aromatic heterocycles. The molecule has 9 nitrogen and oxygen atoms in total. The van der Waals surface area contributed by atoms with Crippen LogP contribution in [0.15, 0.2) is 72.9 Å². The van der Waals surface area contributed by atoms with Gasteiger partial charge in [-0.15, -0.1) is 0 Å². The minimum atomic E-state index is -5.48. The Bertz CT molecular complexity index is 2110. The molecule has 2 N–H and O–H groups in total. The minimum absolute atomic E-state index is 0.0795. The van der Waals surface area contributed by atoms with Crippen LogP contribution in [0, 0.1) is 0 Å². The minimum Gasteiger partial charge on any atom is -0.382 e. The first-order valence-corrected chi connectivity index (χ1v) is 20.1. The highest BCUT2D eigenvalue weighted by Gasteiger charge is 2.51. The lowest BCUT2D eigenvalue weighted by Crippen LogP contribution is -2.47. The van der Waals surface area contributed by atoms with Gasteiger partial charge >= 0.3 is 31.1 Å². The molecule has 0 radical (unpaired) electrons. The molecule has 19 heteroatoms. The summed E-state index contributed by atoms with van der Waals surface area (Å²) >= 11 is 12.5. The van der Waals surface area contributed by atoms with E-state index in [9.17, 15) is 43.2 Å². The summed E-state index contributed by atoms with van der Waals surface area (Å²) < 4.78 is 128. The van der Waals surface area contributed by atoms with Crippen molar-refractivity contribution in [3.05, 3.63) is 99.7 Å². The molecule has 0 amide bonds. The molecule has 0 bridgehead atoms. The van der Waals surface area contributed by atoms with Crippen molar-refractivity contribution in [1.29, 1.82) is 0 Å². The molecule has 2 aliphatic heterocycles. The Morgan fingerprint density at radius 2 is 1.04 bits per heavy atom. The molecule has 0 spiro atoms. The second-order valence-electron chi connectivity index (χ2n) is 12.9. The van der Waals surface area contributed by atoms with Gasteiger partial charge in [0.25, 0.3) is 0 Å². The topological polar surface area (TPSA) is 112 Å². The van der Waals surface area contributed by atoms with Crippen LogP contribution >= 0.6 is 23.2 Å². The zero-order chi connectivity index (χ0) is 38.3. The SMILES string of the molecule is O=S(=O)(N1CCC(Nc2ccnc3c(NC4CCN(S(=O)(=O)C(F)(F)F)CC4)cc(C(c4ccc(Cl)cc4)c4ccc(Cl)cc4)cc23)CC1)C(F)(F)F. The standard InChI is InChI=1S/C34H33Cl2F6N5O4S2/c35-24-5-1-21(2-6-24)31(22-3-7-25(36)8-4-22)23-19-28-29(44-26-10-15-46(16-11-26)52(48,49)33(37,38)39)9-14-43-32(28)30(20-23)45-27-12-17-47(18-13-27)53(50,51)34(40,41)42/h1-9,14,19-20,26-27,31,45H,10-13,15-18H2,(H,43,44). The van der Waals surface area contributed by atoms with Crippen LogP contribution in [0.25, 0.3) is 10.9 Å². The predicted molar refractivity (Wildman–Crippen MR) is 192 cm³/mol. The fraction of sp³-hybridized carbons (Fsp3) is 0.382. The lowest BCUT2D eigenvalue weighted by Gasteiger charge is -2.33. The summed E-state index contributed by atoms with van der Waals surface area (Å²) in [7, 11) is -10.9. The van der Waals surface area contributed by atoms with E-state index in [1.165, 1.54) is 6.20 Å². The van der Waals surface area contributed by atoms with E-state index in [1.54, 1.807) is 30.3 Å². The molecule has 0 saturated carbocycles. The Morgan fingerprint density at radius 3 is 1.45 bits per heavy atom. The number of benzene rings is 3. The lowest BCUT2D eigenvalue weighted by atomic mass is 9.84. The monoisotopic (exact) mass is 823 g/mol. The number of aromatic nitrogens is 1. The summed E-state index contributed by atoms with van der Waals surface area (Å²) in [5, 5.41) is 8.44. The van der Waals surface area contributed by atoms with E-state index in [0.717, 1.165) is 16.7 Å². The van der Waals surface area contributed by atoms with Crippen molar-refractivity contribution >= 4 is 65.5 Å². The summed E-state index contributed by atoms with van der Waals surface area (Å²) in [6, 6.07) is 19.2.